The molecule has 4 aliphatic rings. The van der Waals surface area contributed by atoms with Crippen LogP contribution in [0.5, 0.6) is 5.75 Å². The second kappa shape index (κ2) is 7.93. The Morgan fingerprint density at radius 3 is 2.68 bits per heavy atom. The number of nitrogens with zero attached hydrogens (tertiary/aromatic N) is 2. The Labute approximate surface area is 179 Å². The Bertz CT molecular complexity index is 866. The highest BCUT2D eigenvalue weighted by Crippen LogP contribution is 2.50. The number of fused-ring (bicyclic) bond motifs is 1. The summed E-state index contributed by atoms with van der Waals surface area (Å²) >= 11 is 0. The van der Waals surface area contributed by atoms with E-state index >= 15 is 0 Å². The molecule has 0 aromatic heterocycles. The highest BCUT2D eigenvalue weighted by atomic mass is 19.1. The van der Waals surface area contributed by atoms with Crippen LogP contribution < -0.4 is 10.1 Å². The number of amides is 3. The molecule has 1 N–H and O–H groups in total. The Morgan fingerprint density at radius 2 is 1.94 bits per heavy atom. The van der Waals surface area contributed by atoms with E-state index < -0.39 is 11.6 Å². The first kappa shape index (κ1) is 20.5. The lowest BCUT2D eigenvalue weighted by Gasteiger charge is -2.52. The first-order chi connectivity index (χ1) is 14.9. The lowest BCUT2D eigenvalue weighted by Crippen LogP contribution is -2.63. The van der Waals surface area contributed by atoms with Crippen LogP contribution in [0.4, 0.5) is 13.6 Å². The summed E-state index contributed by atoms with van der Waals surface area (Å²) < 4.78 is 38.1. The summed E-state index contributed by atoms with van der Waals surface area (Å²) in [6.07, 6.45) is 4.08. The minimum Gasteiger partial charge on any atom is -0.487 e. The Morgan fingerprint density at radius 1 is 1.16 bits per heavy atom. The van der Waals surface area contributed by atoms with E-state index in [0.717, 1.165) is 38.2 Å². The molecule has 3 heterocycles. The number of hydrogen-bond acceptors (Lipinski definition) is 4. The molecule has 3 amide bonds. The maximum absolute atomic E-state index is 13.8. The highest BCUT2D eigenvalue weighted by Gasteiger charge is 2.48. The molecule has 2 atom stereocenters. The van der Waals surface area contributed by atoms with Gasteiger partial charge in [-0.05, 0) is 49.7 Å². The van der Waals surface area contributed by atoms with Crippen LogP contribution in [0.15, 0.2) is 18.2 Å². The maximum Gasteiger partial charge on any atom is 0.320 e. The Hall–Kier alpha value is -2.42. The molecule has 7 nitrogen and oxygen atoms in total. The molecule has 9 heteroatoms. The Kier molecular flexibility index (Phi) is 5.24. The number of rotatable bonds is 2. The van der Waals surface area contributed by atoms with Gasteiger partial charge in [-0.2, -0.15) is 0 Å². The smallest absolute Gasteiger partial charge is 0.320 e. The largest absolute Gasteiger partial charge is 0.487 e. The van der Waals surface area contributed by atoms with Crippen molar-refractivity contribution in [3.05, 3.63) is 29.8 Å². The molecule has 1 aromatic rings. The van der Waals surface area contributed by atoms with Gasteiger partial charge in [-0.3, -0.25) is 4.79 Å². The van der Waals surface area contributed by atoms with Crippen molar-refractivity contribution in [2.45, 2.75) is 50.4 Å². The lowest BCUT2D eigenvalue weighted by molar-refractivity contribution is -0.139. The van der Waals surface area contributed by atoms with E-state index in [4.69, 9.17) is 9.47 Å². The van der Waals surface area contributed by atoms with Gasteiger partial charge in [-0.1, -0.05) is 0 Å². The average Bonchev–Trinajstić information content (AvgIpc) is 2.74. The van der Waals surface area contributed by atoms with Crippen molar-refractivity contribution in [2.24, 2.45) is 5.41 Å². The first-order valence-corrected chi connectivity index (χ1v) is 11.0. The number of carbonyl (C=O) groups is 2. The number of hydrogen-bond donors (Lipinski definition) is 1. The van der Waals surface area contributed by atoms with Gasteiger partial charge < -0.3 is 24.6 Å². The van der Waals surface area contributed by atoms with Crippen LogP contribution in [-0.2, 0) is 9.53 Å². The minimum absolute atomic E-state index is 0.00997. The number of piperidine rings is 2. The van der Waals surface area contributed by atoms with E-state index in [2.05, 4.69) is 5.32 Å². The first-order valence-electron chi connectivity index (χ1n) is 11.0. The monoisotopic (exact) mass is 435 g/mol. The molecule has 1 aromatic carbocycles. The van der Waals surface area contributed by atoms with Crippen molar-refractivity contribution in [1.82, 2.24) is 15.1 Å². The van der Waals surface area contributed by atoms with Crippen LogP contribution in [0.2, 0.25) is 0 Å². The number of urea groups is 1. The van der Waals surface area contributed by atoms with E-state index in [-0.39, 0.29) is 48.0 Å². The predicted octanol–water partition coefficient (Wildman–Crippen LogP) is 2.30. The number of nitrogens with one attached hydrogen (secondary N) is 1. The van der Waals surface area contributed by atoms with Crippen molar-refractivity contribution < 1.29 is 27.8 Å². The quantitative estimate of drug-likeness (QED) is 0.774. The van der Waals surface area contributed by atoms with E-state index in [1.54, 1.807) is 0 Å². The molecule has 31 heavy (non-hydrogen) atoms. The third-order valence-electron chi connectivity index (χ3n) is 7.20. The zero-order chi connectivity index (χ0) is 21.6. The highest BCUT2D eigenvalue weighted by molar-refractivity contribution is 5.79. The van der Waals surface area contributed by atoms with E-state index in [9.17, 15) is 18.4 Å². The topological polar surface area (TPSA) is 71.1 Å². The second-order valence-corrected chi connectivity index (χ2v) is 9.25. The Balaban J connectivity index is 1.10. The molecule has 168 valence electrons. The second-order valence-electron chi connectivity index (χ2n) is 9.25. The summed E-state index contributed by atoms with van der Waals surface area (Å²) in [4.78, 5) is 28.3. The number of benzene rings is 1. The standard InChI is InChI=1S/C22H27F2N3O4/c23-14-1-2-18(16(24)9-14)31-15-10-22(11-15)4-7-26(8-5-22)21(29)27-6-3-19-17(12-27)25-20(28)13-30-19/h1-2,9,15,17,19H,3-8,10-13H2,(H,25,28)/t17-,19?/m1/s1. The molecule has 1 spiro atoms. The molecule has 1 saturated carbocycles. The zero-order valence-electron chi connectivity index (χ0n) is 17.3. The molecule has 4 fully saturated rings. The van der Waals surface area contributed by atoms with Crippen LogP contribution in [0.1, 0.15) is 32.1 Å². The van der Waals surface area contributed by atoms with Crippen molar-refractivity contribution in [1.29, 1.82) is 0 Å². The number of halogens is 2. The van der Waals surface area contributed by atoms with Crippen LogP contribution >= 0.6 is 0 Å². The molecule has 3 aliphatic heterocycles. The SMILES string of the molecule is O=C1COC2CCN(C(=O)N3CCC4(CC3)CC(Oc3ccc(F)cc3F)C4)C[C@H]2N1. The molecule has 1 aliphatic carbocycles. The fraction of sp³-hybridized carbons (Fsp3) is 0.636. The van der Waals surface area contributed by atoms with Gasteiger partial charge in [-0.25, -0.2) is 13.6 Å². The summed E-state index contributed by atoms with van der Waals surface area (Å²) in [5.74, 6) is -1.33. The van der Waals surface area contributed by atoms with E-state index in [0.29, 0.717) is 26.2 Å². The number of carbonyl (C=O) groups excluding carboxylic acids is 2. The normalized spacial score (nSPS) is 28.0. The van der Waals surface area contributed by atoms with Crippen LogP contribution in [0.25, 0.3) is 0 Å². The van der Waals surface area contributed by atoms with Crippen LogP contribution in [0.3, 0.4) is 0 Å². The zero-order valence-corrected chi connectivity index (χ0v) is 17.3. The molecular weight excluding hydrogens is 408 g/mol. The van der Waals surface area contributed by atoms with E-state index in [1.165, 1.54) is 12.1 Å². The summed E-state index contributed by atoms with van der Waals surface area (Å²) in [7, 11) is 0. The average molecular weight is 435 g/mol. The molecule has 0 radical (unpaired) electrons. The van der Waals surface area contributed by atoms with Gasteiger partial charge >= 0.3 is 6.03 Å². The summed E-state index contributed by atoms with van der Waals surface area (Å²) in [5.41, 5.74) is 0.135. The van der Waals surface area contributed by atoms with Gasteiger partial charge in [0.2, 0.25) is 5.91 Å². The minimum atomic E-state index is -0.676. The summed E-state index contributed by atoms with van der Waals surface area (Å²) in [6, 6.07) is 3.26. The molecule has 1 unspecified atom stereocenters. The van der Waals surface area contributed by atoms with Crippen molar-refractivity contribution >= 4 is 11.9 Å². The lowest BCUT2D eigenvalue weighted by atomic mass is 9.61. The molecule has 0 bridgehead atoms. The van der Waals surface area contributed by atoms with Crippen LogP contribution in [-0.4, -0.2) is 72.8 Å². The van der Waals surface area contributed by atoms with Gasteiger partial charge in [0.1, 0.15) is 12.4 Å². The van der Waals surface area contributed by atoms with Gasteiger partial charge in [0.25, 0.3) is 0 Å². The molecule has 5 rings (SSSR count). The summed E-state index contributed by atoms with van der Waals surface area (Å²) in [6.45, 7) is 2.59. The van der Waals surface area contributed by atoms with Crippen molar-refractivity contribution in [3.63, 3.8) is 0 Å². The van der Waals surface area contributed by atoms with Crippen LogP contribution in [0, 0.1) is 17.0 Å². The van der Waals surface area contributed by atoms with Gasteiger partial charge in [-0.15, -0.1) is 0 Å². The predicted molar refractivity (Wildman–Crippen MR) is 107 cm³/mol. The third kappa shape index (κ3) is 4.07. The van der Waals surface area contributed by atoms with Crippen molar-refractivity contribution in [3.8, 4) is 5.75 Å². The van der Waals surface area contributed by atoms with Gasteiger partial charge in [0.15, 0.2) is 11.6 Å². The third-order valence-corrected chi connectivity index (χ3v) is 7.20. The fourth-order valence-corrected chi connectivity index (χ4v) is 5.39. The fourth-order valence-electron chi connectivity index (χ4n) is 5.39. The number of morpholine rings is 1. The molecule has 3 saturated heterocycles. The van der Waals surface area contributed by atoms with Crippen molar-refractivity contribution in [2.75, 3.05) is 32.8 Å². The molecular formula is C22H27F2N3O4. The number of ether oxygens (including phenoxy) is 2. The number of likely N-dealkylation sites (tertiary alicyclic amines) is 2. The maximum atomic E-state index is 13.8. The van der Waals surface area contributed by atoms with Gasteiger partial charge in [0, 0.05) is 32.2 Å². The van der Waals surface area contributed by atoms with E-state index in [1.807, 2.05) is 9.80 Å². The van der Waals surface area contributed by atoms with Gasteiger partial charge in [0.05, 0.1) is 18.2 Å². The summed E-state index contributed by atoms with van der Waals surface area (Å²) in [5, 5.41) is 2.93.